The van der Waals surface area contributed by atoms with Gasteiger partial charge in [0.1, 0.15) is 5.75 Å². The number of rotatable bonds is 8. The van der Waals surface area contributed by atoms with Gasteiger partial charge < -0.3 is 15.8 Å². The van der Waals surface area contributed by atoms with Crippen molar-refractivity contribution in [3.8, 4) is 5.75 Å². The summed E-state index contributed by atoms with van der Waals surface area (Å²) in [6.45, 7) is 1.78. The van der Waals surface area contributed by atoms with Crippen LogP contribution in [0.5, 0.6) is 5.75 Å². The second kappa shape index (κ2) is 6.15. The first kappa shape index (κ1) is 13.9. The van der Waals surface area contributed by atoms with E-state index in [-0.39, 0.29) is 6.04 Å². The number of benzene rings is 1. The monoisotopic (exact) mass is 274 g/mol. The van der Waals surface area contributed by atoms with Gasteiger partial charge in [-0.05, 0) is 67.7 Å². The molecule has 2 aliphatic carbocycles. The summed E-state index contributed by atoms with van der Waals surface area (Å²) in [7, 11) is 1.70. The van der Waals surface area contributed by atoms with E-state index in [9.17, 15) is 0 Å². The quantitative estimate of drug-likeness (QED) is 0.766. The largest absolute Gasteiger partial charge is 0.497 e. The molecule has 0 aliphatic heterocycles. The highest BCUT2D eigenvalue weighted by Crippen LogP contribution is 2.48. The Balaban J connectivity index is 1.57. The van der Waals surface area contributed by atoms with Crippen LogP contribution in [-0.4, -0.2) is 20.2 Å². The molecule has 110 valence electrons. The van der Waals surface area contributed by atoms with Gasteiger partial charge in [0.25, 0.3) is 0 Å². The molecule has 2 saturated carbocycles. The molecule has 1 aromatic rings. The standard InChI is InChI=1S/C17H26N2O/c1-20-15-8-6-14(7-9-15)17(10-18)19-11-16(12-2-3-12)13-4-5-13/h6-9,12-13,16-17,19H,2-5,10-11,18H2,1H3. The second-order valence-electron chi connectivity index (χ2n) is 6.31. The molecular weight excluding hydrogens is 248 g/mol. The van der Waals surface area contributed by atoms with Gasteiger partial charge in [0.15, 0.2) is 0 Å². The van der Waals surface area contributed by atoms with Gasteiger partial charge in [0.05, 0.1) is 7.11 Å². The van der Waals surface area contributed by atoms with Crippen LogP contribution in [0.3, 0.4) is 0 Å². The Morgan fingerprint density at radius 1 is 1.15 bits per heavy atom. The van der Waals surface area contributed by atoms with Crippen molar-refractivity contribution in [3.05, 3.63) is 29.8 Å². The summed E-state index contributed by atoms with van der Waals surface area (Å²) in [6, 6.07) is 8.53. The van der Waals surface area contributed by atoms with Crippen LogP contribution in [0.1, 0.15) is 37.3 Å². The van der Waals surface area contributed by atoms with Gasteiger partial charge in [-0.25, -0.2) is 0 Å². The molecule has 3 heteroatoms. The van der Waals surface area contributed by atoms with Crippen molar-refractivity contribution in [3.63, 3.8) is 0 Å². The fourth-order valence-electron chi connectivity index (χ4n) is 3.22. The summed E-state index contributed by atoms with van der Waals surface area (Å²) < 4.78 is 5.21. The summed E-state index contributed by atoms with van der Waals surface area (Å²) >= 11 is 0. The molecule has 0 bridgehead atoms. The van der Waals surface area contributed by atoms with Crippen LogP contribution in [0.4, 0.5) is 0 Å². The Morgan fingerprint density at radius 2 is 1.75 bits per heavy atom. The van der Waals surface area contributed by atoms with Crippen molar-refractivity contribution in [2.45, 2.75) is 31.7 Å². The Bertz CT molecular complexity index is 411. The lowest BCUT2D eigenvalue weighted by Crippen LogP contribution is -2.33. The third-order valence-electron chi connectivity index (χ3n) is 4.81. The van der Waals surface area contributed by atoms with Gasteiger partial charge in [0, 0.05) is 12.6 Å². The molecule has 2 aliphatic rings. The minimum absolute atomic E-state index is 0.265. The molecule has 1 unspecified atom stereocenters. The van der Waals surface area contributed by atoms with Crippen LogP contribution in [0.2, 0.25) is 0 Å². The van der Waals surface area contributed by atoms with E-state index in [2.05, 4.69) is 17.4 Å². The number of nitrogens with one attached hydrogen (secondary N) is 1. The maximum atomic E-state index is 5.95. The van der Waals surface area contributed by atoms with Crippen LogP contribution < -0.4 is 15.8 Å². The smallest absolute Gasteiger partial charge is 0.118 e. The number of hydrogen-bond acceptors (Lipinski definition) is 3. The lowest BCUT2D eigenvalue weighted by Gasteiger charge is -2.22. The SMILES string of the molecule is COc1ccc(C(CN)NCC(C2CC2)C2CC2)cc1. The summed E-state index contributed by atoms with van der Waals surface area (Å²) in [5.41, 5.74) is 7.21. The van der Waals surface area contributed by atoms with E-state index in [1.165, 1.54) is 31.2 Å². The zero-order chi connectivity index (χ0) is 13.9. The molecule has 2 fully saturated rings. The number of hydrogen-bond donors (Lipinski definition) is 2. The molecule has 3 rings (SSSR count). The number of ether oxygens (including phenoxy) is 1. The molecular formula is C17H26N2O. The minimum Gasteiger partial charge on any atom is -0.497 e. The van der Waals surface area contributed by atoms with Gasteiger partial charge in [-0.3, -0.25) is 0 Å². The molecule has 0 amide bonds. The van der Waals surface area contributed by atoms with E-state index >= 15 is 0 Å². The summed E-state index contributed by atoms with van der Waals surface area (Å²) in [5, 5.41) is 3.70. The van der Waals surface area contributed by atoms with E-state index in [0.717, 1.165) is 30.0 Å². The van der Waals surface area contributed by atoms with Crippen molar-refractivity contribution in [1.29, 1.82) is 0 Å². The minimum atomic E-state index is 0.265. The Kier molecular flexibility index (Phi) is 4.27. The van der Waals surface area contributed by atoms with Crippen LogP contribution >= 0.6 is 0 Å². The van der Waals surface area contributed by atoms with E-state index < -0.39 is 0 Å². The lowest BCUT2D eigenvalue weighted by molar-refractivity contribution is 0.357. The van der Waals surface area contributed by atoms with Crippen molar-refractivity contribution in [2.24, 2.45) is 23.5 Å². The third kappa shape index (κ3) is 3.33. The fraction of sp³-hybridized carbons (Fsp3) is 0.647. The predicted octanol–water partition coefficient (Wildman–Crippen LogP) is 2.72. The summed E-state index contributed by atoms with van der Waals surface area (Å²) in [5.74, 6) is 3.77. The fourth-order valence-corrected chi connectivity index (χ4v) is 3.22. The zero-order valence-electron chi connectivity index (χ0n) is 12.3. The lowest BCUT2D eigenvalue weighted by atomic mass is 9.97. The highest BCUT2D eigenvalue weighted by Gasteiger charge is 2.41. The van der Waals surface area contributed by atoms with Crippen LogP contribution in [0, 0.1) is 17.8 Å². The molecule has 0 heterocycles. The van der Waals surface area contributed by atoms with E-state index in [1.807, 2.05) is 12.1 Å². The molecule has 0 radical (unpaired) electrons. The van der Waals surface area contributed by atoms with E-state index in [0.29, 0.717) is 6.54 Å². The molecule has 0 spiro atoms. The van der Waals surface area contributed by atoms with Crippen molar-refractivity contribution < 1.29 is 4.74 Å². The third-order valence-corrected chi connectivity index (χ3v) is 4.81. The normalized spacial score (nSPS) is 20.1. The summed E-state index contributed by atoms with van der Waals surface area (Å²) in [4.78, 5) is 0. The molecule has 0 saturated heterocycles. The zero-order valence-corrected chi connectivity index (χ0v) is 12.3. The molecule has 20 heavy (non-hydrogen) atoms. The average molecular weight is 274 g/mol. The first-order valence-corrected chi connectivity index (χ1v) is 7.89. The Morgan fingerprint density at radius 3 is 2.20 bits per heavy atom. The van der Waals surface area contributed by atoms with Crippen LogP contribution in [-0.2, 0) is 0 Å². The van der Waals surface area contributed by atoms with Gasteiger partial charge in [-0.1, -0.05) is 12.1 Å². The van der Waals surface area contributed by atoms with Crippen molar-refractivity contribution >= 4 is 0 Å². The molecule has 0 aromatic heterocycles. The van der Waals surface area contributed by atoms with Gasteiger partial charge in [-0.2, -0.15) is 0 Å². The van der Waals surface area contributed by atoms with E-state index in [1.54, 1.807) is 7.11 Å². The molecule has 1 aromatic carbocycles. The molecule has 3 N–H and O–H groups in total. The molecule has 1 atom stereocenters. The van der Waals surface area contributed by atoms with Crippen molar-refractivity contribution in [2.75, 3.05) is 20.2 Å². The highest BCUT2D eigenvalue weighted by molar-refractivity contribution is 5.29. The topological polar surface area (TPSA) is 47.3 Å². The average Bonchev–Trinajstić information content (AvgIpc) is 3.38. The second-order valence-corrected chi connectivity index (χ2v) is 6.31. The van der Waals surface area contributed by atoms with Gasteiger partial charge >= 0.3 is 0 Å². The first-order chi connectivity index (χ1) is 9.81. The highest BCUT2D eigenvalue weighted by atomic mass is 16.5. The van der Waals surface area contributed by atoms with Crippen molar-refractivity contribution in [1.82, 2.24) is 5.32 Å². The summed E-state index contributed by atoms with van der Waals surface area (Å²) in [6.07, 6.45) is 5.77. The van der Waals surface area contributed by atoms with Gasteiger partial charge in [0.2, 0.25) is 0 Å². The maximum absolute atomic E-state index is 5.95. The van der Waals surface area contributed by atoms with Crippen LogP contribution in [0.25, 0.3) is 0 Å². The maximum Gasteiger partial charge on any atom is 0.118 e. The Labute approximate surface area is 121 Å². The van der Waals surface area contributed by atoms with E-state index in [4.69, 9.17) is 10.5 Å². The number of nitrogens with two attached hydrogens (primary N) is 1. The Hall–Kier alpha value is -1.06. The van der Waals surface area contributed by atoms with Gasteiger partial charge in [-0.15, -0.1) is 0 Å². The van der Waals surface area contributed by atoms with Crippen LogP contribution in [0.15, 0.2) is 24.3 Å². The number of methoxy groups -OCH3 is 1. The molecule has 3 nitrogen and oxygen atoms in total. The predicted molar refractivity (Wildman–Crippen MR) is 81.7 cm³/mol. The first-order valence-electron chi connectivity index (χ1n) is 7.89.